The minimum absolute atomic E-state index is 0.0637. The van der Waals surface area contributed by atoms with Gasteiger partial charge in [-0.3, -0.25) is 4.79 Å². The lowest BCUT2D eigenvalue weighted by Gasteiger charge is -2.48. The number of piperidine rings is 1. The van der Waals surface area contributed by atoms with Crippen molar-refractivity contribution >= 4 is 11.6 Å². The van der Waals surface area contributed by atoms with E-state index in [0.29, 0.717) is 18.1 Å². The fourth-order valence-corrected chi connectivity index (χ4v) is 7.47. The van der Waals surface area contributed by atoms with E-state index in [9.17, 15) is 14.4 Å². The van der Waals surface area contributed by atoms with Gasteiger partial charge in [0.15, 0.2) is 6.10 Å². The lowest BCUT2D eigenvalue weighted by molar-refractivity contribution is -0.123. The Bertz CT molecular complexity index is 1300. The Labute approximate surface area is 235 Å². The molecular weight excluding hydrogens is 505 g/mol. The van der Waals surface area contributed by atoms with Crippen LogP contribution in [0.1, 0.15) is 43.2 Å². The van der Waals surface area contributed by atoms with Crippen molar-refractivity contribution in [3.05, 3.63) is 65.5 Å². The lowest BCUT2D eigenvalue weighted by Crippen LogP contribution is -2.55. The van der Waals surface area contributed by atoms with Crippen molar-refractivity contribution in [3.8, 4) is 12.1 Å². The van der Waals surface area contributed by atoms with Gasteiger partial charge in [-0.15, -0.1) is 0 Å². The lowest BCUT2D eigenvalue weighted by atomic mass is 9.59. The molecule has 1 unspecified atom stereocenters. The van der Waals surface area contributed by atoms with Crippen molar-refractivity contribution in [2.45, 2.75) is 49.7 Å². The van der Waals surface area contributed by atoms with Gasteiger partial charge in [-0.25, -0.2) is 4.39 Å². The normalized spacial score (nSPS) is 26.8. The van der Waals surface area contributed by atoms with Crippen LogP contribution in [0.3, 0.4) is 0 Å². The van der Waals surface area contributed by atoms with Gasteiger partial charge in [-0.1, -0.05) is 18.6 Å². The summed E-state index contributed by atoms with van der Waals surface area (Å²) in [7, 11) is 0. The number of likely N-dealkylation sites (tertiary alicyclic amines) is 1. The third kappa shape index (κ3) is 5.19. The Morgan fingerprint density at radius 3 is 2.48 bits per heavy atom. The zero-order valence-corrected chi connectivity index (χ0v) is 22.8. The first-order valence-corrected chi connectivity index (χ1v) is 14.6. The van der Waals surface area contributed by atoms with Crippen LogP contribution in [-0.2, 0) is 14.9 Å². The monoisotopic (exact) mass is 541 g/mol. The molecule has 1 saturated carbocycles. The largest absolute Gasteiger partial charge is 0.371 e. The van der Waals surface area contributed by atoms with Crippen molar-refractivity contribution in [1.29, 1.82) is 10.5 Å². The van der Waals surface area contributed by atoms with Crippen LogP contribution in [0.4, 0.5) is 10.1 Å². The summed E-state index contributed by atoms with van der Waals surface area (Å²) in [6, 6.07) is 19.2. The minimum atomic E-state index is -0.851. The highest BCUT2D eigenvalue weighted by molar-refractivity contribution is 5.83. The fraction of sp³-hybridized carbons (Fsp3) is 0.531. The third-order valence-electron chi connectivity index (χ3n) is 9.61. The average Bonchev–Trinajstić information content (AvgIpc) is 3.72. The van der Waals surface area contributed by atoms with Gasteiger partial charge in [0.2, 0.25) is 0 Å². The van der Waals surface area contributed by atoms with Crippen molar-refractivity contribution in [2.75, 3.05) is 44.2 Å². The van der Waals surface area contributed by atoms with E-state index >= 15 is 0 Å². The molecule has 7 nitrogen and oxygen atoms in total. The molecule has 6 rings (SSSR count). The maximum atomic E-state index is 14.5. The van der Waals surface area contributed by atoms with E-state index in [-0.39, 0.29) is 35.7 Å². The highest BCUT2D eigenvalue weighted by Gasteiger charge is 2.53. The molecule has 3 saturated heterocycles. The smallest absolute Gasteiger partial charge is 0.251 e. The maximum Gasteiger partial charge on any atom is 0.251 e. The number of anilines is 1. The zero-order valence-electron chi connectivity index (χ0n) is 22.8. The molecule has 0 aromatic heterocycles. The van der Waals surface area contributed by atoms with Crippen LogP contribution in [0.15, 0.2) is 48.5 Å². The van der Waals surface area contributed by atoms with Gasteiger partial charge in [-0.2, -0.15) is 10.5 Å². The van der Waals surface area contributed by atoms with Gasteiger partial charge in [0.1, 0.15) is 5.82 Å². The van der Waals surface area contributed by atoms with E-state index in [1.54, 1.807) is 12.1 Å². The first-order valence-electron chi connectivity index (χ1n) is 14.6. The number of nitriles is 2. The Kier molecular flexibility index (Phi) is 7.49. The molecule has 8 heteroatoms. The van der Waals surface area contributed by atoms with Gasteiger partial charge in [0, 0.05) is 43.2 Å². The Morgan fingerprint density at radius 1 is 1.07 bits per heavy atom. The van der Waals surface area contributed by atoms with Gasteiger partial charge in [-0.05, 0) is 86.7 Å². The van der Waals surface area contributed by atoms with Crippen molar-refractivity contribution < 1.29 is 13.9 Å². The summed E-state index contributed by atoms with van der Waals surface area (Å²) in [6.07, 6.45) is 4.00. The molecule has 0 radical (unpaired) electrons. The number of carbonyl (C=O) groups excluding carboxylic acids is 1. The summed E-state index contributed by atoms with van der Waals surface area (Å²) in [4.78, 5) is 17.5. The van der Waals surface area contributed by atoms with Crippen molar-refractivity contribution in [3.63, 3.8) is 0 Å². The third-order valence-corrected chi connectivity index (χ3v) is 9.61. The van der Waals surface area contributed by atoms with Crippen LogP contribution < -0.4 is 10.2 Å². The number of amides is 1. The van der Waals surface area contributed by atoms with E-state index in [4.69, 9.17) is 10.00 Å². The summed E-state index contributed by atoms with van der Waals surface area (Å²) < 4.78 is 19.7. The summed E-state index contributed by atoms with van der Waals surface area (Å²) in [5.74, 6) is 0.206. The van der Waals surface area contributed by atoms with Crippen molar-refractivity contribution in [1.82, 2.24) is 10.2 Å². The minimum Gasteiger partial charge on any atom is -0.371 e. The second-order valence-corrected chi connectivity index (χ2v) is 12.0. The van der Waals surface area contributed by atoms with Crippen LogP contribution >= 0.6 is 0 Å². The zero-order chi connectivity index (χ0) is 27.7. The van der Waals surface area contributed by atoms with E-state index < -0.39 is 5.41 Å². The van der Waals surface area contributed by atoms with Gasteiger partial charge >= 0.3 is 0 Å². The van der Waals surface area contributed by atoms with Gasteiger partial charge in [0.05, 0.1) is 29.7 Å². The molecule has 4 atom stereocenters. The predicted molar refractivity (Wildman–Crippen MR) is 149 cm³/mol. The highest BCUT2D eigenvalue weighted by Crippen LogP contribution is 2.50. The number of epoxide rings is 1. The standard InChI is InChI=1S/C32H36FN5O2/c33-26-4-1-3-25(15-26)32(21-35,28-5-2-6-29(28)36-31(39)30-20-40-30)24-11-13-37(14-12-24)17-23-18-38(19-23)27-9-7-22(16-34)8-10-27/h1,3-4,7-10,15,23-24,28-30H,2,5-6,11-14,17-20H2,(H,36,39)/t28-,29-,30?,32-/m0/s1. The molecule has 1 amide bonds. The number of halogens is 1. The number of benzene rings is 2. The summed E-state index contributed by atoms with van der Waals surface area (Å²) in [5.41, 5.74) is 1.74. The molecule has 2 aromatic carbocycles. The number of hydrogen-bond acceptors (Lipinski definition) is 6. The second-order valence-electron chi connectivity index (χ2n) is 12.0. The quantitative estimate of drug-likeness (QED) is 0.508. The summed E-state index contributed by atoms with van der Waals surface area (Å²) in [6.45, 7) is 5.33. The van der Waals surface area contributed by atoms with Crippen LogP contribution in [0.2, 0.25) is 0 Å². The van der Waals surface area contributed by atoms with E-state index in [2.05, 4.69) is 27.3 Å². The van der Waals surface area contributed by atoms with Crippen LogP contribution in [0, 0.1) is 46.2 Å². The number of nitrogens with one attached hydrogen (secondary N) is 1. The number of ether oxygens (including phenoxy) is 1. The Balaban J connectivity index is 1.13. The Hall–Kier alpha value is -3.46. The summed E-state index contributed by atoms with van der Waals surface area (Å²) >= 11 is 0. The molecule has 1 aliphatic carbocycles. The molecule has 3 aliphatic heterocycles. The molecule has 0 spiro atoms. The fourth-order valence-electron chi connectivity index (χ4n) is 7.47. The number of carbonyl (C=O) groups is 1. The van der Waals surface area contributed by atoms with Crippen LogP contribution in [0.25, 0.3) is 0 Å². The van der Waals surface area contributed by atoms with Crippen LogP contribution in [-0.4, -0.2) is 62.3 Å². The Morgan fingerprint density at radius 2 is 1.82 bits per heavy atom. The first kappa shape index (κ1) is 26.7. The highest BCUT2D eigenvalue weighted by atomic mass is 19.1. The number of rotatable bonds is 8. The maximum absolute atomic E-state index is 14.5. The molecule has 4 fully saturated rings. The second kappa shape index (κ2) is 11.2. The molecule has 1 N–H and O–H groups in total. The van der Waals surface area contributed by atoms with E-state index in [1.165, 1.54) is 6.07 Å². The van der Waals surface area contributed by atoms with E-state index in [1.807, 2.05) is 30.3 Å². The topological polar surface area (TPSA) is 95.7 Å². The first-order chi connectivity index (χ1) is 19.5. The van der Waals surface area contributed by atoms with Gasteiger partial charge in [0.25, 0.3) is 5.91 Å². The molecule has 4 aliphatic rings. The predicted octanol–water partition coefficient (Wildman–Crippen LogP) is 3.99. The molecular formula is C32H36FN5O2. The van der Waals surface area contributed by atoms with Gasteiger partial charge < -0.3 is 19.9 Å². The van der Waals surface area contributed by atoms with Crippen molar-refractivity contribution in [2.24, 2.45) is 17.8 Å². The molecule has 40 heavy (non-hydrogen) atoms. The number of hydrogen-bond donors (Lipinski definition) is 1. The SMILES string of the molecule is N#Cc1ccc(N2CC(CN3CCC([C@@](C#N)(c4cccc(F)c4)[C@H]4CCC[C@@H]4NC(=O)C4CO4)CC3)C2)cc1. The molecule has 208 valence electrons. The summed E-state index contributed by atoms with van der Waals surface area (Å²) in [5, 5.41) is 23.1. The molecule has 0 bridgehead atoms. The average molecular weight is 542 g/mol. The number of nitrogens with zero attached hydrogens (tertiary/aromatic N) is 4. The molecule has 2 aromatic rings. The van der Waals surface area contributed by atoms with Crippen LogP contribution in [0.5, 0.6) is 0 Å². The van der Waals surface area contributed by atoms with E-state index in [0.717, 1.165) is 76.1 Å². The molecule has 3 heterocycles.